The molecule has 1 aliphatic heterocycles. The lowest BCUT2D eigenvalue weighted by Gasteiger charge is -2.39. The summed E-state index contributed by atoms with van der Waals surface area (Å²) in [6, 6.07) is 10.0. The van der Waals surface area contributed by atoms with E-state index in [4.69, 9.17) is 0 Å². The third kappa shape index (κ3) is 5.05. The van der Waals surface area contributed by atoms with Crippen LogP contribution in [0.25, 0.3) is 0 Å². The van der Waals surface area contributed by atoms with Gasteiger partial charge in [-0.3, -0.25) is 9.69 Å². The first-order valence-corrected chi connectivity index (χ1v) is 8.92. The van der Waals surface area contributed by atoms with Crippen LogP contribution in [0.3, 0.4) is 0 Å². The molecule has 4 nitrogen and oxygen atoms in total. The SMILES string of the molecule is CCCN(C[C@H](O)CC)C1CCN(C(=O)c2ccccc2)CC1. The van der Waals surface area contributed by atoms with Crippen molar-refractivity contribution in [3.63, 3.8) is 0 Å². The number of rotatable bonds is 7. The molecule has 1 aliphatic rings. The van der Waals surface area contributed by atoms with Crippen molar-refractivity contribution in [3.05, 3.63) is 35.9 Å². The van der Waals surface area contributed by atoms with Gasteiger partial charge in [0, 0.05) is 31.2 Å². The quantitative estimate of drug-likeness (QED) is 0.841. The van der Waals surface area contributed by atoms with Crippen LogP contribution in [0.1, 0.15) is 49.9 Å². The summed E-state index contributed by atoms with van der Waals surface area (Å²) in [5, 5.41) is 9.97. The third-order valence-electron chi connectivity index (χ3n) is 4.72. The molecule has 1 aromatic rings. The van der Waals surface area contributed by atoms with Crippen LogP contribution >= 0.6 is 0 Å². The number of likely N-dealkylation sites (tertiary alicyclic amines) is 1. The number of piperidine rings is 1. The van der Waals surface area contributed by atoms with Crippen molar-refractivity contribution in [1.29, 1.82) is 0 Å². The molecule has 0 aromatic heterocycles. The zero-order chi connectivity index (χ0) is 16.7. The maximum atomic E-state index is 12.5. The average molecular weight is 318 g/mol. The van der Waals surface area contributed by atoms with Gasteiger partial charge in [0.1, 0.15) is 0 Å². The molecule has 0 bridgehead atoms. The van der Waals surface area contributed by atoms with E-state index in [0.717, 1.165) is 57.4 Å². The van der Waals surface area contributed by atoms with Crippen LogP contribution in [0.2, 0.25) is 0 Å². The summed E-state index contributed by atoms with van der Waals surface area (Å²) in [6.07, 6.45) is 3.64. The predicted octanol–water partition coefficient (Wildman–Crippen LogP) is 2.77. The first kappa shape index (κ1) is 18.0. The summed E-state index contributed by atoms with van der Waals surface area (Å²) < 4.78 is 0. The smallest absolute Gasteiger partial charge is 0.253 e. The van der Waals surface area contributed by atoms with Crippen LogP contribution in [0.15, 0.2) is 30.3 Å². The second-order valence-corrected chi connectivity index (χ2v) is 6.45. The van der Waals surface area contributed by atoms with Crippen molar-refractivity contribution in [2.75, 3.05) is 26.2 Å². The lowest BCUT2D eigenvalue weighted by atomic mass is 10.0. The summed E-state index contributed by atoms with van der Waals surface area (Å²) in [6.45, 7) is 7.59. The Hall–Kier alpha value is -1.39. The number of aliphatic hydroxyl groups excluding tert-OH is 1. The summed E-state index contributed by atoms with van der Waals surface area (Å²) in [4.78, 5) is 16.9. The zero-order valence-corrected chi connectivity index (χ0v) is 14.4. The monoisotopic (exact) mass is 318 g/mol. The van der Waals surface area contributed by atoms with E-state index >= 15 is 0 Å². The van der Waals surface area contributed by atoms with E-state index in [1.165, 1.54) is 0 Å². The number of hydrogen-bond donors (Lipinski definition) is 1. The Labute approximate surface area is 140 Å². The summed E-state index contributed by atoms with van der Waals surface area (Å²) >= 11 is 0. The number of carbonyl (C=O) groups excluding carboxylic acids is 1. The first-order valence-electron chi connectivity index (χ1n) is 8.92. The molecule has 1 amide bonds. The van der Waals surface area contributed by atoms with Gasteiger partial charge in [0.25, 0.3) is 5.91 Å². The van der Waals surface area contributed by atoms with Crippen molar-refractivity contribution in [2.45, 2.75) is 51.7 Å². The Balaban J connectivity index is 1.90. The lowest BCUT2D eigenvalue weighted by molar-refractivity contribution is 0.0463. The summed E-state index contributed by atoms with van der Waals surface area (Å²) in [5.41, 5.74) is 0.776. The summed E-state index contributed by atoms with van der Waals surface area (Å²) in [5.74, 6) is 0.139. The van der Waals surface area contributed by atoms with Gasteiger partial charge in [-0.1, -0.05) is 32.0 Å². The number of aliphatic hydroxyl groups is 1. The molecule has 1 N–H and O–H groups in total. The molecule has 0 spiro atoms. The van der Waals surface area contributed by atoms with Crippen molar-refractivity contribution >= 4 is 5.91 Å². The number of carbonyl (C=O) groups is 1. The average Bonchev–Trinajstić information content (AvgIpc) is 2.61. The summed E-state index contributed by atoms with van der Waals surface area (Å²) in [7, 11) is 0. The van der Waals surface area contributed by atoms with Crippen molar-refractivity contribution in [3.8, 4) is 0 Å². The van der Waals surface area contributed by atoms with Crippen LogP contribution in [0.4, 0.5) is 0 Å². The van der Waals surface area contributed by atoms with Gasteiger partial charge in [-0.15, -0.1) is 0 Å². The molecule has 128 valence electrons. The van der Waals surface area contributed by atoms with E-state index in [2.05, 4.69) is 11.8 Å². The Kier molecular flexibility index (Phi) is 7.06. The van der Waals surface area contributed by atoms with E-state index in [9.17, 15) is 9.90 Å². The van der Waals surface area contributed by atoms with E-state index < -0.39 is 0 Å². The highest BCUT2D eigenvalue weighted by Crippen LogP contribution is 2.19. The molecule has 1 fully saturated rings. The van der Waals surface area contributed by atoms with Gasteiger partial charge in [0.15, 0.2) is 0 Å². The highest BCUT2D eigenvalue weighted by Gasteiger charge is 2.27. The lowest BCUT2D eigenvalue weighted by Crippen LogP contribution is -2.48. The minimum Gasteiger partial charge on any atom is -0.392 e. The first-order chi connectivity index (χ1) is 11.2. The zero-order valence-electron chi connectivity index (χ0n) is 14.4. The molecular weight excluding hydrogens is 288 g/mol. The van der Waals surface area contributed by atoms with Gasteiger partial charge >= 0.3 is 0 Å². The van der Waals surface area contributed by atoms with Crippen molar-refractivity contribution in [2.24, 2.45) is 0 Å². The third-order valence-corrected chi connectivity index (χ3v) is 4.72. The molecule has 0 aliphatic carbocycles. The fraction of sp³-hybridized carbons (Fsp3) is 0.632. The minimum absolute atomic E-state index is 0.139. The second kappa shape index (κ2) is 9.04. The Bertz CT molecular complexity index is 470. The van der Waals surface area contributed by atoms with Crippen LogP contribution in [-0.4, -0.2) is 59.1 Å². The molecule has 0 unspecified atom stereocenters. The largest absolute Gasteiger partial charge is 0.392 e. The standard InChI is InChI=1S/C19H30N2O2/c1-3-12-21(15-18(22)4-2)17-10-13-20(14-11-17)19(23)16-8-6-5-7-9-16/h5-9,17-18,22H,3-4,10-15H2,1-2H3/t18-/m1/s1. The number of amides is 1. The van der Waals surface area contributed by atoms with Crippen molar-refractivity contribution in [1.82, 2.24) is 9.80 Å². The maximum absolute atomic E-state index is 12.5. The fourth-order valence-corrected chi connectivity index (χ4v) is 3.31. The molecule has 0 saturated carbocycles. The van der Waals surface area contributed by atoms with Gasteiger partial charge in [-0.2, -0.15) is 0 Å². The molecule has 1 aromatic carbocycles. The van der Waals surface area contributed by atoms with E-state index in [1.54, 1.807) is 0 Å². The number of benzene rings is 1. The van der Waals surface area contributed by atoms with Crippen LogP contribution < -0.4 is 0 Å². The van der Waals surface area contributed by atoms with Gasteiger partial charge in [-0.05, 0) is 44.4 Å². The highest BCUT2D eigenvalue weighted by atomic mass is 16.3. The van der Waals surface area contributed by atoms with E-state index in [-0.39, 0.29) is 12.0 Å². The van der Waals surface area contributed by atoms with Gasteiger partial charge in [0.05, 0.1) is 6.10 Å². The van der Waals surface area contributed by atoms with Crippen molar-refractivity contribution < 1.29 is 9.90 Å². The Morgan fingerprint density at radius 2 is 1.91 bits per heavy atom. The molecule has 4 heteroatoms. The number of nitrogens with zero attached hydrogens (tertiary/aromatic N) is 2. The second-order valence-electron chi connectivity index (χ2n) is 6.45. The minimum atomic E-state index is -0.245. The predicted molar refractivity (Wildman–Crippen MR) is 93.5 cm³/mol. The topological polar surface area (TPSA) is 43.8 Å². The van der Waals surface area contributed by atoms with Gasteiger partial charge in [-0.25, -0.2) is 0 Å². The molecule has 23 heavy (non-hydrogen) atoms. The fourth-order valence-electron chi connectivity index (χ4n) is 3.31. The van der Waals surface area contributed by atoms with Gasteiger partial charge < -0.3 is 10.0 Å². The normalized spacial score (nSPS) is 17.5. The molecule has 2 rings (SSSR count). The van der Waals surface area contributed by atoms with Crippen LogP contribution in [0.5, 0.6) is 0 Å². The highest BCUT2D eigenvalue weighted by molar-refractivity contribution is 5.94. The molecule has 1 heterocycles. The molecule has 1 saturated heterocycles. The van der Waals surface area contributed by atoms with Crippen LogP contribution in [0, 0.1) is 0 Å². The van der Waals surface area contributed by atoms with Gasteiger partial charge in [0.2, 0.25) is 0 Å². The van der Waals surface area contributed by atoms with E-state index in [1.807, 2.05) is 42.2 Å². The molecule has 0 radical (unpaired) electrons. The maximum Gasteiger partial charge on any atom is 0.253 e. The molecular formula is C19H30N2O2. The Morgan fingerprint density at radius 1 is 1.26 bits per heavy atom. The Morgan fingerprint density at radius 3 is 2.48 bits per heavy atom. The number of hydrogen-bond acceptors (Lipinski definition) is 3. The van der Waals surface area contributed by atoms with Crippen LogP contribution in [-0.2, 0) is 0 Å². The molecule has 1 atom stereocenters. The van der Waals surface area contributed by atoms with E-state index in [0.29, 0.717) is 6.04 Å².